The largest absolute Gasteiger partial charge is 0.491 e. The molecule has 2 aromatic carbocycles. The van der Waals surface area contributed by atoms with Crippen molar-refractivity contribution in [3.05, 3.63) is 35.9 Å². The number of ether oxygens (including phenoxy) is 6. The highest BCUT2D eigenvalue weighted by atomic mass is 16.7. The molecule has 6 nitrogen and oxygen atoms in total. The second-order valence-electron chi connectivity index (χ2n) is 6.54. The van der Waals surface area contributed by atoms with E-state index in [1.54, 1.807) is 7.11 Å². The first-order valence-electron chi connectivity index (χ1n) is 9.93. The van der Waals surface area contributed by atoms with Crippen molar-refractivity contribution in [1.82, 2.24) is 0 Å². The van der Waals surface area contributed by atoms with Gasteiger partial charge in [-0.2, -0.15) is 0 Å². The number of fused-ring (bicyclic) bond motifs is 2. The molecule has 0 saturated heterocycles. The van der Waals surface area contributed by atoms with Crippen molar-refractivity contribution in [1.29, 1.82) is 0 Å². The first kappa shape index (κ1) is 20.9. The van der Waals surface area contributed by atoms with E-state index in [4.69, 9.17) is 28.4 Å². The van der Waals surface area contributed by atoms with Crippen LogP contribution < -0.4 is 9.47 Å². The van der Waals surface area contributed by atoms with Crippen LogP contribution in [0.15, 0.2) is 30.3 Å². The average molecular weight is 390 g/mol. The summed E-state index contributed by atoms with van der Waals surface area (Å²) in [6, 6.07) is 10.3. The van der Waals surface area contributed by atoms with Crippen LogP contribution in [0.4, 0.5) is 0 Å². The summed E-state index contributed by atoms with van der Waals surface area (Å²) in [6.45, 7) is 5.92. The Morgan fingerprint density at radius 2 is 1.79 bits per heavy atom. The van der Waals surface area contributed by atoms with Crippen LogP contribution in [-0.2, 0) is 25.4 Å². The number of hydrogen-bond donors (Lipinski definition) is 0. The third kappa shape index (κ3) is 5.82. The highest BCUT2D eigenvalue weighted by molar-refractivity contribution is 5.90. The van der Waals surface area contributed by atoms with Crippen molar-refractivity contribution >= 4 is 10.8 Å². The van der Waals surface area contributed by atoms with Crippen LogP contribution in [0.2, 0.25) is 0 Å². The molecule has 1 atom stereocenters. The van der Waals surface area contributed by atoms with Gasteiger partial charge in [0.1, 0.15) is 18.1 Å². The lowest BCUT2D eigenvalue weighted by molar-refractivity contribution is -0.0860. The van der Waals surface area contributed by atoms with Crippen LogP contribution in [0.5, 0.6) is 11.5 Å². The Morgan fingerprint density at radius 3 is 2.57 bits per heavy atom. The maximum absolute atomic E-state index is 6.01. The number of benzene rings is 2. The fraction of sp³-hybridized carbons (Fsp3) is 0.545. The monoisotopic (exact) mass is 390 g/mol. The van der Waals surface area contributed by atoms with Gasteiger partial charge in [0, 0.05) is 25.5 Å². The molecule has 6 heteroatoms. The fourth-order valence-corrected chi connectivity index (χ4v) is 3.21. The maximum atomic E-state index is 6.01. The molecule has 0 radical (unpaired) electrons. The zero-order chi connectivity index (χ0) is 19.6. The summed E-state index contributed by atoms with van der Waals surface area (Å²) in [4.78, 5) is 0. The van der Waals surface area contributed by atoms with E-state index >= 15 is 0 Å². The van der Waals surface area contributed by atoms with Crippen LogP contribution in [-0.4, -0.2) is 59.6 Å². The van der Waals surface area contributed by atoms with E-state index in [0.717, 1.165) is 35.1 Å². The first-order valence-corrected chi connectivity index (χ1v) is 9.93. The number of aryl methyl sites for hydroxylation is 1. The lowest BCUT2D eigenvalue weighted by atomic mass is 10.00. The van der Waals surface area contributed by atoms with Crippen LogP contribution in [0.3, 0.4) is 0 Å². The van der Waals surface area contributed by atoms with Gasteiger partial charge >= 0.3 is 0 Å². The second-order valence-corrected chi connectivity index (χ2v) is 6.54. The Labute approximate surface area is 166 Å². The molecule has 0 saturated carbocycles. The molecule has 0 N–H and O–H groups in total. The van der Waals surface area contributed by atoms with Gasteiger partial charge in [0.05, 0.1) is 33.0 Å². The lowest BCUT2D eigenvalue weighted by Crippen LogP contribution is -2.25. The predicted molar refractivity (Wildman–Crippen MR) is 107 cm³/mol. The zero-order valence-electron chi connectivity index (χ0n) is 16.8. The molecule has 154 valence electrons. The Hall–Kier alpha value is -1.86. The summed E-state index contributed by atoms with van der Waals surface area (Å²) in [6.07, 6.45) is 1.68. The Morgan fingerprint density at radius 1 is 1.00 bits per heavy atom. The van der Waals surface area contributed by atoms with E-state index < -0.39 is 0 Å². The normalized spacial score (nSPS) is 16.0. The van der Waals surface area contributed by atoms with Crippen LogP contribution in [0, 0.1) is 0 Å². The van der Waals surface area contributed by atoms with Gasteiger partial charge in [-0.3, -0.25) is 0 Å². The third-order valence-corrected chi connectivity index (χ3v) is 4.57. The number of rotatable bonds is 12. The van der Waals surface area contributed by atoms with E-state index in [9.17, 15) is 0 Å². The second kappa shape index (κ2) is 11.2. The van der Waals surface area contributed by atoms with Crippen molar-refractivity contribution in [2.24, 2.45) is 0 Å². The predicted octanol–water partition coefficient (Wildman–Crippen LogP) is 3.59. The summed E-state index contributed by atoms with van der Waals surface area (Å²) in [5.74, 6) is 1.72. The molecule has 1 aliphatic rings. The Balaban J connectivity index is 1.53. The standard InChI is InChI=1S/C22H30O6/c1-3-26-22-8-7-18-15-17-5-4-6-20(19(17)16-21(18)28-22)27-14-13-25-12-11-24-10-9-23-2/h4-6,15-16,22H,3,7-14H2,1-2H3. The molecule has 0 aliphatic carbocycles. The van der Waals surface area contributed by atoms with Gasteiger partial charge in [-0.05, 0) is 42.5 Å². The number of hydrogen-bond acceptors (Lipinski definition) is 6. The molecule has 2 aromatic rings. The minimum absolute atomic E-state index is 0.164. The van der Waals surface area contributed by atoms with Gasteiger partial charge in [-0.1, -0.05) is 12.1 Å². The molecule has 0 spiro atoms. The van der Waals surface area contributed by atoms with Crippen molar-refractivity contribution in [3.8, 4) is 11.5 Å². The van der Waals surface area contributed by atoms with Gasteiger partial charge in [0.25, 0.3) is 0 Å². The molecule has 1 unspecified atom stereocenters. The molecular formula is C22H30O6. The van der Waals surface area contributed by atoms with E-state index in [1.807, 2.05) is 19.1 Å². The molecule has 1 aliphatic heterocycles. The van der Waals surface area contributed by atoms with Gasteiger partial charge < -0.3 is 28.4 Å². The van der Waals surface area contributed by atoms with Gasteiger partial charge in [-0.25, -0.2) is 0 Å². The minimum atomic E-state index is -0.164. The molecule has 0 aromatic heterocycles. The van der Waals surface area contributed by atoms with Gasteiger partial charge in [0.15, 0.2) is 6.29 Å². The summed E-state index contributed by atoms with van der Waals surface area (Å²) in [5.41, 5.74) is 1.22. The maximum Gasteiger partial charge on any atom is 0.200 e. The topological polar surface area (TPSA) is 55.4 Å². The Kier molecular flexibility index (Phi) is 8.36. The van der Waals surface area contributed by atoms with E-state index in [2.05, 4.69) is 18.2 Å². The van der Waals surface area contributed by atoms with E-state index in [-0.39, 0.29) is 6.29 Å². The Bertz CT molecular complexity index is 732. The lowest BCUT2D eigenvalue weighted by Gasteiger charge is -2.26. The summed E-state index contributed by atoms with van der Waals surface area (Å²) < 4.78 is 33.4. The van der Waals surface area contributed by atoms with Crippen LogP contribution >= 0.6 is 0 Å². The first-order chi connectivity index (χ1) is 13.8. The quantitative estimate of drug-likeness (QED) is 0.516. The summed E-state index contributed by atoms with van der Waals surface area (Å²) in [5, 5.41) is 2.20. The molecule has 0 bridgehead atoms. The minimum Gasteiger partial charge on any atom is -0.491 e. The van der Waals surface area contributed by atoms with Crippen molar-refractivity contribution < 1.29 is 28.4 Å². The van der Waals surface area contributed by atoms with Crippen molar-refractivity contribution in [2.75, 3.05) is 53.4 Å². The van der Waals surface area contributed by atoms with Crippen molar-refractivity contribution in [2.45, 2.75) is 26.1 Å². The SMILES string of the molecule is CCOC1CCc2cc3cccc(OCCOCCOCCOC)c3cc2O1. The molecular weight excluding hydrogens is 360 g/mol. The fourth-order valence-electron chi connectivity index (χ4n) is 3.21. The van der Waals surface area contributed by atoms with Gasteiger partial charge in [-0.15, -0.1) is 0 Å². The molecule has 28 heavy (non-hydrogen) atoms. The highest BCUT2D eigenvalue weighted by Crippen LogP contribution is 2.36. The number of methoxy groups -OCH3 is 1. The van der Waals surface area contributed by atoms with Gasteiger partial charge in [0.2, 0.25) is 0 Å². The van der Waals surface area contributed by atoms with E-state index in [0.29, 0.717) is 46.2 Å². The molecule has 0 fully saturated rings. The summed E-state index contributed by atoms with van der Waals surface area (Å²) in [7, 11) is 1.66. The summed E-state index contributed by atoms with van der Waals surface area (Å²) >= 11 is 0. The highest BCUT2D eigenvalue weighted by Gasteiger charge is 2.21. The van der Waals surface area contributed by atoms with Crippen LogP contribution in [0.1, 0.15) is 18.9 Å². The smallest absolute Gasteiger partial charge is 0.200 e. The molecule has 0 amide bonds. The third-order valence-electron chi connectivity index (χ3n) is 4.57. The molecule has 1 heterocycles. The zero-order valence-corrected chi connectivity index (χ0v) is 16.8. The van der Waals surface area contributed by atoms with Crippen LogP contribution in [0.25, 0.3) is 10.8 Å². The molecule has 3 rings (SSSR count). The van der Waals surface area contributed by atoms with E-state index in [1.165, 1.54) is 5.56 Å². The average Bonchev–Trinajstić information content (AvgIpc) is 2.71. The van der Waals surface area contributed by atoms with Crippen molar-refractivity contribution in [3.63, 3.8) is 0 Å².